The number of aryl methyl sites for hydroxylation is 2. The van der Waals surface area contributed by atoms with Crippen LogP contribution in [0.2, 0.25) is 0 Å². The van der Waals surface area contributed by atoms with Crippen molar-refractivity contribution in [2.75, 3.05) is 5.88 Å². The quantitative estimate of drug-likeness (QED) is 0.636. The van der Waals surface area contributed by atoms with Crippen molar-refractivity contribution in [2.24, 2.45) is 0 Å². The first-order valence-corrected chi connectivity index (χ1v) is 7.83. The Kier molecular flexibility index (Phi) is 3.98. The maximum atomic E-state index is 5.97. The molecule has 2 aromatic carbocycles. The normalized spacial score (nSPS) is 12.7. The minimum atomic E-state index is 0.246. The van der Waals surface area contributed by atoms with Crippen molar-refractivity contribution in [1.82, 2.24) is 9.55 Å². The zero-order valence-electron chi connectivity index (χ0n) is 12.4. The van der Waals surface area contributed by atoms with E-state index in [1.807, 2.05) is 6.07 Å². The second kappa shape index (κ2) is 5.90. The summed E-state index contributed by atoms with van der Waals surface area (Å²) >= 11 is 5.97. The highest BCUT2D eigenvalue weighted by molar-refractivity contribution is 6.17. The molecule has 0 saturated carbocycles. The van der Waals surface area contributed by atoms with E-state index < -0.39 is 0 Å². The number of benzene rings is 2. The molecule has 0 spiro atoms. The number of fused-ring (bicyclic) bond motifs is 1. The van der Waals surface area contributed by atoms with Crippen molar-refractivity contribution in [3.8, 4) is 0 Å². The average Bonchev–Trinajstić information content (AvgIpc) is 2.87. The Balaban J connectivity index is 2.21. The third kappa shape index (κ3) is 2.56. The Bertz CT molecular complexity index is 747. The molecule has 0 aliphatic rings. The minimum absolute atomic E-state index is 0.246. The van der Waals surface area contributed by atoms with E-state index in [0.717, 1.165) is 17.8 Å². The first kappa shape index (κ1) is 14.2. The summed E-state index contributed by atoms with van der Waals surface area (Å²) in [4.78, 5) is 4.79. The highest BCUT2D eigenvalue weighted by Gasteiger charge is 2.17. The molecule has 1 unspecified atom stereocenters. The van der Waals surface area contributed by atoms with Crippen molar-refractivity contribution in [3.63, 3.8) is 0 Å². The monoisotopic (exact) mass is 298 g/mol. The van der Waals surface area contributed by atoms with Crippen LogP contribution in [-0.2, 0) is 6.42 Å². The van der Waals surface area contributed by atoms with E-state index in [-0.39, 0.29) is 6.04 Å². The van der Waals surface area contributed by atoms with E-state index in [1.54, 1.807) is 0 Å². The van der Waals surface area contributed by atoms with Gasteiger partial charge in [-0.25, -0.2) is 4.98 Å². The number of aromatic nitrogens is 2. The van der Waals surface area contributed by atoms with Crippen LogP contribution in [0.3, 0.4) is 0 Å². The SMILES string of the molecule is Cc1cccc2nc(CCCl)n(C(C)c3ccccc3)c12. The number of hydrogen-bond acceptors (Lipinski definition) is 1. The van der Waals surface area contributed by atoms with Crippen LogP contribution in [0.25, 0.3) is 11.0 Å². The van der Waals surface area contributed by atoms with Crippen LogP contribution in [0.5, 0.6) is 0 Å². The molecule has 0 fully saturated rings. The molecule has 0 N–H and O–H groups in total. The van der Waals surface area contributed by atoms with E-state index in [1.165, 1.54) is 16.6 Å². The molecule has 0 radical (unpaired) electrons. The van der Waals surface area contributed by atoms with E-state index in [4.69, 9.17) is 16.6 Å². The van der Waals surface area contributed by atoms with E-state index >= 15 is 0 Å². The molecular formula is C18H19ClN2. The number of hydrogen-bond donors (Lipinski definition) is 0. The molecule has 0 aliphatic carbocycles. The summed E-state index contributed by atoms with van der Waals surface area (Å²) in [6.45, 7) is 4.36. The van der Waals surface area contributed by atoms with Crippen LogP contribution in [0.1, 0.15) is 29.9 Å². The molecule has 108 valence electrons. The Hall–Kier alpha value is -1.80. The summed E-state index contributed by atoms with van der Waals surface area (Å²) in [5.41, 5.74) is 4.81. The lowest BCUT2D eigenvalue weighted by molar-refractivity contribution is 0.623. The molecule has 1 atom stereocenters. The van der Waals surface area contributed by atoms with Crippen molar-refractivity contribution in [3.05, 3.63) is 65.5 Å². The van der Waals surface area contributed by atoms with Gasteiger partial charge in [0.15, 0.2) is 0 Å². The van der Waals surface area contributed by atoms with Gasteiger partial charge in [-0.1, -0.05) is 42.5 Å². The fraction of sp³-hybridized carbons (Fsp3) is 0.278. The highest BCUT2D eigenvalue weighted by atomic mass is 35.5. The van der Waals surface area contributed by atoms with Crippen LogP contribution in [-0.4, -0.2) is 15.4 Å². The van der Waals surface area contributed by atoms with Gasteiger partial charge in [-0.2, -0.15) is 0 Å². The lowest BCUT2D eigenvalue weighted by Gasteiger charge is -2.19. The predicted molar refractivity (Wildman–Crippen MR) is 89.1 cm³/mol. The molecule has 3 rings (SSSR count). The van der Waals surface area contributed by atoms with Gasteiger partial charge in [-0.15, -0.1) is 11.6 Å². The number of rotatable bonds is 4. The van der Waals surface area contributed by atoms with Gasteiger partial charge in [-0.3, -0.25) is 0 Å². The van der Waals surface area contributed by atoms with Crippen LogP contribution in [0.15, 0.2) is 48.5 Å². The summed E-state index contributed by atoms with van der Waals surface area (Å²) in [7, 11) is 0. The molecule has 3 aromatic rings. The molecule has 21 heavy (non-hydrogen) atoms. The largest absolute Gasteiger partial charge is 0.320 e. The summed E-state index contributed by atoms with van der Waals surface area (Å²) < 4.78 is 2.34. The van der Waals surface area contributed by atoms with Crippen molar-refractivity contribution in [2.45, 2.75) is 26.3 Å². The molecular weight excluding hydrogens is 280 g/mol. The van der Waals surface area contributed by atoms with E-state index in [0.29, 0.717) is 5.88 Å². The molecule has 2 nitrogen and oxygen atoms in total. The Morgan fingerprint density at radius 3 is 2.57 bits per heavy atom. The number of imidazole rings is 1. The standard InChI is InChI=1S/C18H19ClN2/c1-13-7-6-10-16-18(13)21(17(20-16)11-12-19)14(2)15-8-4-3-5-9-15/h3-10,14H,11-12H2,1-2H3. The molecule has 0 amide bonds. The summed E-state index contributed by atoms with van der Waals surface area (Å²) in [5, 5.41) is 0. The number of nitrogens with zero attached hydrogens (tertiary/aromatic N) is 2. The van der Waals surface area contributed by atoms with Gasteiger partial charge in [0.05, 0.1) is 17.1 Å². The minimum Gasteiger partial charge on any atom is -0.320 e. The lowest BCUT2D eigenvalue weighted by Crippen LogP contribution is -2.11. The molecule has 1 aromatic heterocycles. The van der Waals surface area contributed by atoms with Gasteiger partial charge in [0.25, 0.3) is 0 Å². The van der Waals surface area contributed by atoms with Crippen molar-refractivity contribution < 1.29 is 0 Å². The first-order chi connectivity index (χ1) is 10.2. The van der Waals surface area contributed by atoms with Crippen LogP contribution in [0, 0.1) is 6.92 Å². The maximum Gasteiger partial charge on any atom is 0.111 e. The van der Waals surface area contributed by atoms with Crippen LogP contribution < -0.4 is 0 Å². The third-order valence-electron chi connectivity index (χ3n) is 3.97. The summed E-state index contributed by atoms with van der Waals surface area (Å²) in [5.74, 6) is 1.65. The fourth-order valence-corrected chi connectivity index (χ4v) is 3.10. The van der Waals surface area contributed by atoms with E-state index in [2.05, 4.69) is 60.9 Å². The van der Waals surface area contributed by atoms with Gasteiger partial charge < -0.3 is 4.57 Å². The Labute approximate surface area is 130 Å². The molecule has 1 heterocycles. The third-order valence-corrected chi connectivity index (χ3v) is 4.16. The second-order valence-corrected chi connectivity index (χ2v) is 5.74. The van der Waals surface area contributed by atoms with Gasteiger partial charge in [-0.05, 0) is 31.0 Å². The van der Waals surface area contributed by atoms with Gasteiger partial charge in [0.2, 0.25) is 0 Å². The van der Waals surface area contributed by atoms with Gasteiger partial charge in [0.1, 0.15) is 5.82 Å². The zero-order valence-corrected chi connectivity index (χ0v) is 13.1. The van der Waals surface area contributed by atoms with Gasteiger partial charge >= 0.3 is 0 Å². The average molecular weight is 299 g/mol. The summed E-state index contributed by atoms with van der Waals surface area (Å²) in [6.07, 6.45) is 0.785. The maximum absolute atomic E-state index is 5.97. The van der Waals surface area contributed by atoms with Crippen LogP contribution >= 0.6 is 11.6 Å². The smallest absolute Gasteiger partial charge is 0.111 e. The van der Waals surface area contributed by atoms with Crippen molar-refractivity contribution >= 4 is 22.6 Å². The Morgan fingerprint density at radius 2 is 1.86 bits per heavy atom. The summed E-state index contributed by atoms with van der Waals surface area (Å²) in [6, 6.07) is 17.1. The zero-order chi connectivity index (χ0) is 14.8. The van der Waals surface area contributed by atoms with E-state index in [9.17, 15) is 0 Å². The molecule has 0 aliphatic heterocycles. The first-order valence-electron chi connectivity index (χ1n) is 7.29. The molecule has 0 bridgehead atoms. The highest BCUT2D eigenvalue weighted by Crippen LogP contribution is 2.28. The van der Waals surface area contributed by atoms with Crippen LogP contribution in [0.4, 0.5) is 0 Å². The second-order valence-electron chi connectivity index (χ2n) is 5.37. The molecule has 0 saturated heterocycles. The number of halogens is 1. The topological polar surface area (TPSA) is 17.8 Å². The lowest BCUT2D eigenvalue weighted by atomic mass is 10.1. The van der Waals surface area contributed by atoms with Gasteiger partial charge in [0, 0.05) is 12.3 Å². The Morgan fingerprint density at radius 1 is 1.10 bits per heavy atom. The fourth-order valence-electron chi connectivity index (χ4n) is 2.93. The number of alkyl halides is 1. The number of para-hydroxylation sites is 1. The predicted octanol–water partition coefficient (Wildman–Crippen LogP) is 4.74. The van der Waals surface area contributed by atoms with Crippen molar-refractivity contribution in [1.29, 1.82) is 0 Å². The molecule has 3 heteroatoms.